The van der Waals surface area contributed by atoms with Gasteiger partial charge in [-0.05, 0) is 24.6 Å². The fourth-order valence-corrected chi connectivity index (χ4v) is 1.90. The van der Waals surface area contributed by atoms with Crippen LogP contribution in [0.25, 0.3) is 10.4 Å². The lowest BCUT2D eigenvalue weighted by Crippen LogP contribution is -2.09. The fourth-order valence-electron chi connectivity index (χ4n) is 1.01. The number of hydrogen-bond donors (Lipinski definition) is 0. The number of hydrogen-bond acceptors (Lipinski definition) is 4. The van der Waals surface area contributed by atoms with Crippen LogP contribution in [0.15, 0.2) is 34.3 Å². The molecule has 0 saturated heterocycles. The maximum Gasteiger partial charge on any atom is 0.296 e. The summed E-state index contributed by atoms with van der Waals surface area (Å²) in [5.74, 6) is 0. The molecule has 0 aliphatic rings. The molecule has 6 nitrogen and oxygen atoms in total. The molecule has 0 aliphatic heterocycles. The highest BCUT2D eigenvalue weighted by atomic mass is 32.2. The van der Waals surface area contributed by atoms with Crippen molar-refractivity contribution in [1.82, 2.24) is 0 Å². The quantitative estimate of drug-likeness (QED) is 0.259. The first-order chi connectivity index (χ1) is 7.56. The minimum Gasteiger partial charge on any atom is -0.266 e. The van der Waals surface area contributed by atoms with Crippen molar-refractivity contribution in [3.05, 3.63) is 40.3 Å². The number of nitrogens with zero attached hydrogens (tertiary/aromatic N) is 3. The molecular weight excluding hydrogens is 230 g/mol. The van der Waals surface area contributed by atoms with Gasteiger partial charge < -0.3 is 0 Å². The van der Waals surface area contributed by atoms with Gasteiger partial charge >= 0.3 is 0 Å². The molecule has 0 atom stereocenters. The molecule has 0 N–H and O–H groups in total. The summed E-state index contributed by atoms with van der Waals surface area (Å²) in [6.45, 7) is 1.70. The third-order valence-electron chi connectivity index (χ3n) is 1.80. The molecule has 1 rings (SSSR count). The van der Waals surface area contributed by atoms with Crippen LogP contribution in [-0.4, -0.2) is 21.6 Å². The number of aryl methyl sites for hydroxylation is 1. The zero-order valence-corrected chi connectivity index (χ0v) is 9.51. The predicted octanol–water partition coefficient (Wildman–Crippen LogP) is 2.01. The Morgan fingerprint density at radius 2 is 2.00 bits per heavy atom. The molecule has 0 fully saturated rings. The van der Waals surface area contributed by atoms with Crippen LogP contribution < -0.4 is 0 Å². The molecule has 0 unspecified atom stereocenters. The van der Waals surface area contributed by atoms with Crippen molar-refractivity contribution in [3.63, 3.8) is 0 Å². The van der Waals surface area contributed by atoms with Crippen LogP contribution in [0.3, 0.4) is 0 Å². The topological polar surface area (TPSA) is 92.1 Å². The predicted molar refractivity (Wildman–Crippen MR) is 58.3 cm³/mol. The van der Waals surface area contributed by atoms with Gasteiger partial charge in [0.05, 0.1) is 18.0 Å². The monoisotopic (exact) mass is 241 g/mol. The number of benzene rings is 1. The van der Waals surface area contributed by atoms with Gasteiger partial charge in [0.2, 0.25) is 0 Å². The summed E-state index contributed by atoms with van der Waals surface area (Å²) < 4.78 is 27.8. The standard InChI is InChI=1S/C9H11N3O3S/c1-8-2-4-9(5-3-8)16(13,14)15-7-6-11-12-10/h2-5H,6-7H2,1H3. The molecule has 1 aromatic rings. The highest BCUT2D eigenvalue weighted by molar-refractivity contribution is 7.86. The van der Waals surface area contributed by atoms with E-state index in [1.165, 1.54) is 12.1 Å². The summed E-state index contributed by atoms with van der Waals surface area (Å²) in [7, 11) is -3.74. The summed E-state index contributed by atoms with van der Waals surface area (Å²) in [5.41, 5.74) is 8.96. The summed E-state index contributed by atoms with van der Waals surface area (Å²) >= 11 is 0. The normalized spacial score (nSPS) is 10.8. The molecule has 16 heavy (non-hydrogen) atoms. The maximum atomic E-state index is 11.5. The lowest BCUT2D eigenvalue weighted by molar-refractivity contribution is 0.327. The van der Waals surface area contributed by atoms with E-state index in [4.69, 9.17) is 5.53 Å². The van der Waals surface area contributed by atoms with E-state index in [1.807, 2.05) is 6.92 Å². The third-order valence-corrected chi connectivity index (χ3v) is 3.13. The highest BCUT2D eigenvalue weighted by Gasteiger charge is 2.13. The van der Waals surface area contributed by atoms with E-state index in [0.29, 0.717) is 0 Å². The van der Waals surface area contributed by atoms with Gasteiger partial charge in [-0.25, -0.2) is 0 Å². The molecule has 0 aliphatic carbocycles. The second kappa shape index (κ2) is 5.50. The van der Waals surface area contributed by atoms with E-state index in [1.54, 1.807) is 12.1 Å². The Kier molecular flexibility index (Phi) is 4.30. The average Bonchev–Trinajstić information content (AvgIpc) is 2.25. The average molecular weight is 241 g/mol. The summed E-state index contributed by atoms with van der Waals surface area (Å²) in [5, 5.41) is 3.17. The molecule has 7 heteroatoms. The molecule has 0 saturated carbocycles. The van der Waals surface area contributed by atoms with Crippen LogP contribution >= 0.6 is 0 Å². The van der Waals surface area contributed by atoms with Crippen LogP contribution in [0.5, 0.6) is 0 Å². The van der Waals surface area contributed by atoms with E-state index in [-0.39, 0.29) is 18.0 Å². The van der Waals surface area contributed by atoms with E-state index < -0.39 is 10.1 Å². The Hall–Kier alpha value is -1.56. The molecule has 0 spiro atoms. The largest absolute Gasteiger partial charge is 0.296 e. The lowest BCUT2D eigenvalue weighted by atomic mass is 10.2. The van der Waals surface area contributed by atoms with E-state index in [0.717, 1.165) is 5.56 Å². The van der Waals surface area contributed by atoms with Crippen LogP contribution in [0.4, 0.5) is 0 Å². The summed E-state index contributed by atoms with van der Waals surface area (Å²) in [6, 6.07) is 6.31. The van der Waals surface area contributed by atoms with Crippen LogP contribution in [-0.2, 0) is 14.3 Å². The van der Waals surface area contributed by atoms with Gasteiger partial charge in [-0.15, -0.1) is 0 Å². The fraction of sp³-hybridized carbons (Fsp3) is 0.333. The molecule has 86 valence electrons. The molecule has 0 radical (unpaired) electrons. The molecule has 1 aromatic carbocycles. The maximum absolute atomic E-state index is 11.5. The zero-order chi connectivity index (χ0) is 12.0. The molecule has 0 heterocycles. The molecule has 0 aromatic heterocycles. The van der Waals surface area contributed by atoms with Crippen molar-refractivity contribution in [2.75, 3.05) is 13.2 Å². The Morgan fingerprint density at radius 1 is 1.38 bits per heavy atom. The Labute approximate surface area is 93.6 Å². The van der Waals surface area contributed by atoms with Gasteiger partial charge in [-0.3, -0.25) is 4.18 Å². The highest BCUT2D eigenvalue weighted by Crippen LogP contribution is 2.12. The van der Waals surface area contributed by atoms with Gasteiger partial charge in [0.1, 0.15) is 0 Å². The van der Waals surface area contributed by atoms with Crippen molar-refractivity contribution in [1.29, 1.82) is 0 Å². The zero-order valence-electron chi connectivity index (χ0n) is 8.70. The number of azide groups is 1. The van der Waals surface area contributed by atoms with E-state index in [9.17, 15) is 8.42 Å². The van der Waals surface area contributed by atoms with Crippen molar-refractivity contribution in [3.8, 4) is 0 Å². The van der Waals surface area contributed by atoms with Gasteiger partial charge in [0.15, 0.2) is 0 Å². The van der Waals surface area contributed by atoms with E-state index in [2.05, 4.69) is 14.2 Å². The Morgan fingerprint density at radius 3 is 2.56 bits per heavy atom. The van der Waals surface area contributed by atoms with Crippen LogP contribution in [0.2, 0.25) is 0 Å². The second-order valence-corrected chi connectivity index (χ2v) is 4.66. The molecule has 0 bridgehead atoms. The molecular formula is C9H11N3O3S. The Bertz CT molecular complexity index is 489. The van der Waals surface area contributed by atoms with Gasteiger partial charge in [-0.1, -0.05) is 22.8 Å². The first kappa shape index (κ1) is 12.5. The smallest absolute Gasteiger partial charge is 0.266 e. The SMILES string of the molecule is Cc1ccc(S(=O)(=O)OCCN=[N+]=[N-])cc1. The summed E-state index contributed by atoms with van der Waals surface area (Å²) in [6.07, 6.45) is 0. The van der Waals surface area contributed by atoms with Gasteiger partial charge in [0.25, 0.3) is 10.1 Å². The van der Waals surface area contributed by atoms with Gasteiger partial charge in [-0.2, -0.15) is 8.42 Å². The van der Waals surface area contributed by atoms with Crippen LogP contribution in [0.1, 0.15) is 5.56 Å². The number of rotatable bonds is 5. The lowest BCUT2D eigenvalue weighted by Gasteiger charge is -2.04. The van der Waals surface area contributed by atoms with Crippen LogP contribution in [0, 0.1) is 6.92 Å². The second-order valence-electron chi connectivity index (χ2n) is 3.04. The van der Waals surface area contributed by atoms with Gasteiger partial charge in [0, 0.05) is 4.91 Å². The summed E-state index contributed by atoms with van der Waals surface area (Å²) in [4.78, 5) is 2.59. The van der Waals surface area contributed by atoms with Crippen molar-refractivity contribution >= 4 is 10.1 Å². The van der Waals surface area contributed by atoms with E-state index >= 15 is 0 Å². The third kappa shape index (κ3) is 3.54. The Balaban J connectivity index is 2.70. The minimum atomic E-state index is -3.74. The molecule has 0 amide bonds. The minimum absolute atomic E-state index is 0.0123. The van der Waals surface area contributed by atoms with Crippen molar-refractivity contribution < 1.29 is 12.6 Å². The van der Waals surface area contributed by atoms with Crippen molar-refractivity contribution in [2.24, 2.45) is 5.11 Å². The first-order valence-corrected chi connectivity index (χ1v) is 5.94. The van der Waals surface area contributed by atoms with Crippen molar-refractivity contribution in [2.45, 2.75) is 11.8 Å². The first-order valence-electron chi connectivity index (χ1n) is 4.53.